The Kier molecular flexibility index (Phi) is 3.35. The number of likely N-dealkylation sites (tertiary alicyclic amines) is 1. The van der Waals surface area contributed by atoms with E-state index >= 15 is 0 Å². The number of pyridine rings is 1. The third kappa shape index (κ3) is 2.43. The minimum absolute atomic E-state index is 0.671. The summed E-state index contributed by atoms with van der Waals surface area (Å²) < 4.78 is 0. The Labute approximate surface area is 110 Å². The van der Waals surface area contributed by atoms with Gasteiger partial charge in [0.2, 0.25) is 0 Å². The molecule has 0 aromatic carbocycles. The molecule has 0 bridgehead atoms. The maximum atomic E-state index is 4.92. The first kappa shape index (κ1) is 12.1. The summed E-state index contributed by atoms with van der Waals surface area (Å²) in [6, 6.07) is 4.52. The van der Waals surface area contributed by atoms with Gasteiger partial charge in [-0.1, -0.05) is 6.07 Å². The second kappa shape index (κ2) is 4.98. The van der Waals surface area contributed by atoms with Gasteiger partial charge in [0, 0.05) is 23.7 Å². The molecule has 2 aliphatic heterocycles. The Morgan fingerprint density at radius 3 is 2.78 bits per heavy atom. The maximum Gasteiger partial charge on any atom is 0.0462 e. The Morgan fingerprint density at radius 1 is 1.22 bits per heavy atom. The van der Waals surface area contributed by atoms with Gasteiger partial charge in [-0.25, -0.2) is 0 Å². The molecule has 2 aliphatic rings. The van der Waals surface area contributed by atoms with Gasteiger partial charge in [0.1, 0.15) is 0 Å². The van der Waals surface area contributed by atoms with Gasteiger partial charge in [-0.3, -0.25) is 12.0 Å². The largest absolute Gasteiger partial charge is 0.455 e. The Hall–Kier alpha value is -0.930. The van der Waals surface area contributed by atoms with Crippen LogP contribution in [0.25, 0.3) is 0 Å². The monoisotopic (exact) mass is 244 g/mol. The van der Waals surface area contributed by atoms with E-state index in [2.05, 4.69) is 36.0 Å². The fourth-order valence-corrected chi connectivity index (χ4v) is 3.02. The molecule has 0 amide bonds. The quantitative estimate of drug-likeness (QED) is 0.705. The molecule has 1 saturated heterocycles. The summed E-state index contributed by atoms with van der Waals surface area (Å²) in [5.74, 6) is 0.671. The van der Waals surface area contributed by atoms with Gasteiger partial charge in [0.15, 0.2) is 0 Å². The van der Waals surface area contributed by atoms with Crippen molar-refractivity contribution in [2.24, 2.45) is 0 Å². The molecule has 1 fully saturated rings. The molecular formula is C15H22N3-. The zero-order valence-electron chi connectivity index (χ0n) is 11.2. The van der Waals surface area contributed by atoms with Crippen LogP contribution in [-0.2, 0) is 13.0 Å². The molecular weight excluding hydrogens is 222 g/mol. The minimum atomic E-state index is 0.671. The number of fused-ring (bicyclic) bond motifs is 1. The molecule has 3 heteroatoms. The predicted octanol–water partition coefficient (Wildman–Crippen LogP) is 2.04. The van der Waals surface area contributed by atoms with Crippen molar-refractivity contribution in [1.29, 1.82) is 0 Å². The SMILES string of the molecule is [CH2-]N1CCc2nc(C3CCN(C)CC3)ccc2C1. The molecule has 3 heterocycles. The van der Waals surface area contributed by atoms with Crippen molar-refractivity contribution < 1.29 is 0 Å². The second-order valence-corrected chi connectivity index (χ2v) is 5.72. The molecule has 0 spiro atoms. The van der Waals surface area contributed by atoms with Crippen molar-refractivity contribution in [2.75, 3.05) is 26.7 Å². The zero-order chi connectivity index (χ0) is 12.5. The molecule has 3 rings (SSSR count). The predicted molar refractivity (Wildman–Crippen MR) is 73.2 cm³/mol. The first-order valence-corrected chi connectivity index (χ1v) is 6.95. The van der Waals surface area contributed by atoms with Crippen LogP contribution in [0.5, 0.6) is 0 Å². The van der Waals surface area contributed by atoms with Crippen molar-refractivity contribution in [1.82, 2.24) is 14.8 Å². The number of rotatable bonds is 1. The highest BCUT2D eigenvalue weighted by atomic mass is 15.1. The highest BCUT2D eigenvalue weighted by Crippen LogP contribution is 2.28. The smallest absolute Gasteiger partial charge is 0.0462 e. The summed E-state index contributed by atoms with van der Waals surface area (Å²) in [6.45, 7) is 4.40. The van der Waals surface area contributed by atoms with Crippen LogP contribution in [0, 0.1) is 7.05 Å². The van der Waals surface area contributed by atoms with E-state index in [1.165, 1.54) is 42.9 Å². The summed E-state index contributed by atoms with van der Waals surface area (Å²) in [7, 11) is 6.22. The zero-order valence-corrected chi connectivity index (χ0v) is 11.2. The van der Waals surface area contributed by atoms with Crippen LogP contribution in [0.1, 0.15) is 35.7 Å². The van der Waals surface area contributed by atoms with Gasteiger partial charge >= 0.3 is 0 Å². The molecule has 18 heavy (non-hydrogen) atoms. The van der Waals surface area contributed by atoms with E-state index in [1.807, 2.05) is 0 Å². The number of aromatic nitrogens is 1. The fraction of sp³-hybridized carbons (Fsp3) is 0.600. The summed E-state index contributed by atoms with van der Waals surface area (Å²) in [4.78, 5) is 9.46. The standard InChI is InChI=1S/C15H22N3/c1-17-8-5-12(6-9-17)14-4-3-13-11-18(2)10-7-15(13)16-14/h3-4,12H,2,5-11H2,1H3/q-1. The van der Waals surface area contributed by atoms with E-state index in [4.69, 9.17) is 4.98 Å². The summed E-state index contributed by atoms with van der Waals surface area (Å²) in [5, 5.41) is 0. The van der Waals surface area contributed by atoms with Crippen LogP contribution in [0.3, 0.4) is 0 Å². The van der Waals surface area contributed by atoms with Gasteiger partial charge in [0.05, 0.1) is 0 Å². The van der Waals surface area contributed by atoms with Gasteiger partial charge in [-0.05, 0) is 57.7 Å². The molecule has 98 valence electrons. The lowest BCUT2D eigenvalue weighted by Crippen LogP contribution is -2.30. The number of hydrogen-bond acceptors (Lipinski definition) is 3. The highest BCUT2D eigenvalue weighted by Gasteiger charge is 2.21. The molecule has 0 radical (unpaired) electrons. The molecule has 0 unspecified atom stereocenters. The van der Waals surface area contributed by atoms with E-state index < -0.39 is 0 Å². The van der Waals surface area contributed by atoms with E-state index in [1.54, 1.807) is 0 Å². The van der Waals surface area contributed by atoms with Crippen molar-refractivity contribution in [3.05, 3.63) is 36.1 Å². The van der Waals surface area contributed by atoms with Gasteiger partial charge < -0.3 is 9.80 Å². The lowest BCUT2D eigenvalue weighted by molar-refractivity contribution is 0.253. The minimum Gasteiger partial charge on any atom is -0.455 e. The first-order chi connectivity index (χ1) is 8.72. The molecule has 0 atom stereocenters. The van der Waals surface area contributed by atoms with Crippen LogP contribution in [0.2, 0.25) is 0 Å². The third-order valence-electron chi connectivity index (χ3n) is 4.29. The van der Waals surface area contributed by atoms with Gasteiger partial charge in [0.25, 0.3) is 0 Å². The van der Waals surface area contributed by atoms with Crippen molar-refractivity contribution in [3.8, 4) is 0 Å². The summed E-state index contributed by atoms with van der Waals surface area (Å²) in [5.41, 5.74) is 4.00. The van der Waals surface area contributed by atoms with Crippen molar-refractivity contribution >= 4 is 0 Å². The molecule has 1 aromatic heterocycles. The highest BCUT2D eigenvalue weighted by molar-refractivity contribution is 5.27. The molecule has 0 N–H and O–H groups in total. The Morgan fingerprint density at radius 2 is 2.00 bits per heavy atom. The molecule has 0 saturated carbocycles. The molecule has 0 aliphatic carbocycles. The van der Waals surface area contributed by atoms with Crippen molar-refractivity contribution in [3.63, 3.8) is 0 Å². The average Bonchev–Trinajstić information content (AvgIpc) is 2.39. The summed E-state index contributed by atoms with van der Waals surface area (Å²) in [6.07, 6.45) is 3.56. The second-order valence-electron chi connectivity index (χ2n) is 5.72. The van der Waals surface area contributed by atoms with E-state index in [0.717, 1.165) is 19.5 Å². The summed E-state index contributed by atoms with van der Waals surface area (Å²) >= 11 is 0. The normalized spacial score (nSPS) is 23.0. The van der Waals surface area contributed by atoms with Crippen LogP contribution in [-0.4, -0.2) is 41.5 Å². The maximum absolute atomic E-state index is 4.92. The van der Waals surface area contributed by atoms with Crippen LogP contribution in [0.4, 0.5) is 0 Å². The fourth-order valence-electron chi connectivity index (χ4n) is 3.02. The van der Waals surface area contributed by atoms with Crippen LogP contribution < -0.4 is 0 Å². The number of nitrogens with zero attached hydrogens (tertiary/aromatic N) is 3. The van der Waals surface area contributed by atoms with Crippen LogP contribution >= 0.6 is 0 Å². The van der Waals surface area contributed by atoms with E-state index in [-0.39, 0.29) is 0 Å². The first-order valence-electron chi connectivity index (χ1n) is 6.95. The topological polar surface area (TPSA) is 19.4 Å². The third-order valence-corrected chi connectivity index (χ3v) is 4.29. The Balaban J connectivity index is 1.78. The lowest BCUT2D eigenvalue weighted by Gasteiger charge is -2.32. The van der Waals surface area contributed by atoms with Gasteiger partial charge in [-0.2, -0.15) is 0 Å². The molecule has 3 nitrogen and oxygen atoms in total. The number of hydrogen-bond donors (Lipinski definition) is 0. The van der Waals surface area contributed by atoms with Crippen molar-refractivity contribution in [2.45, 2.75) is 31.7 Å². The average molecular weight is 244 g/mol. The van der Waals surface area contributed by atoms with E-state index in [9.17, 15) is 0 Å². The molecule has 1 aromatic rings. The number of piperidine rings is 1. The lowest BCUT2D eigenvalue weighted by atomic mass is 9.92. The van der Waals surface area contributed by atoms with Gasteiger partial charge in [-0.15, -0.1) is 0 Å². The van der Waals surface area contributed by atoms with E-state index in [0.29, 0.717) is 5.92 Å². The van der Waals surface area contributed by atoms with Crippen LogP contribution in [0.15, 0.2) is 12.1 Å². The Bertz CT molecular complexity index is 422.